The van der Waals surface area contributed by atoms with Crippen molar-refractivity contribution in [2.75, 3.05) is 31.1 Å². The third kappa shape index (κ3) is 3.36. The molecule has 1 aromatic heterocycles. The Balaban J connectivity index is 1.60. The molecule has 1 aliphatic heterocycles. The van der Waals surface area contributed by atoms with Crippen molar-refractivity contribution in [1.82, 2.24) is 15.1 Å². The summed E-state index contributed by atoms with van der Waals surface area (Å²) in [4.78, 5) is 4.59. The molecule has 1 saturated heterocycles. The van der Waals surface area contributed by atoms with E-state index in [-0.39, 0.29) is 5.82 Å². The van der Waals surface area contributed by atoms with Crippen LogP contribution in [0.2, 0.25) is 0 Å². The second-order valence-corrected chi connectivity index (χ2v) is 5.42. The number of aromatic nitrogens is 2. The number of hydrogen-bond donors (Lipinski definition) is 0. The third-order valence-corrected chi connectivity index (χ3v) is 3.96. The summed E-state index contributed by atoms with van der Waals surface area (Å²) < 4.78 is 13.3. The first-order chi connectivity index (χ1) is 10.2. The molecule has 0 unspecified atom stereocenters. The van der Waals surface area contributed by atoms with Crippen molar-refractivity contribution in [3.05, 3.63) is 53.5 Å². The van der Waals surface area contributed by atoms with Gasteiger partial charge in [-0.1, -0.05) is 6.07 Å². The number of piperazine rings is 1. The molecule has 3 rings (SSSR count). The van der Waals surface area contributed by atoms with E-state index in [0.717, 1.165) is 49.7 Å². The summed E-state index contributed by atoms with van der Waals surface area (Å²) in [6.07, 6.45) is 1.69. The Bertz CT molecular complexity index is 594. The van der Waals surface area contributed by atoms with Crippen LogP contribution in [0.15, 0.2) is 36.5 Å². The lowest BCUT2D eigenvalue weighted by atomic mass is 10.1. The van der Waals surface area contributed by atoms with E-state index in [0.29, 0.717) is 0 Å². The van der Waals surface area contributed by atoms with Crippen molar-refractivity contribution in [2.24, 2.45) is 0 Å². The fraction of sp³-hybridized carbons (Fsp3) is 0.375. The molecule has 110 valence electrons. The van der Waals surface area contributed by atoms with Crippen LogP contribution in [0, 0.1) is 12.7 Å². The summed E-state index contributed by atoms with van der Waals surface area (Å²) in [6.45, 7) is 6.58. The monoisotopic (exact) mass is 286 g/mol. The topological polar surface area (TPSA) is 32.3 Å². The largest absolute Gasteiger partial charge is 0.353 e. The van der Waals surface area contributed by atoms with E-state index in [1.54, 1.807) is 12.3 Å². The molecule has 0 atom stereocenters. The van der Waals surface area contributed by atoms with Gasteiger partial charge in [-0.25, -0.2) is 4.39 Å². The molecule has 1 fully saturated rings. The Labute approximate surface area is 124 Å². The number of anilines is 1. The van der Waals surface area contributed by atoms with E-state index < -0.39 is 0 Å². The molecule has 0 aliphatic carbocycles. The summed E-state index contributed by atoms with van der Waals surface area (Å²) in [5, 5.41) is 8.07. The van der Waals surface area contributed by atoms with Crippen LogP contribution >= 0.6 is 0 Å². The van der Waals surface area contributed by atoms with Gasteiger partial charge < -0.3 is 4.90 Å². The minimum atomic E-state index is -0.159. The summed E-state index contributed by atoms with van der Waals surface area (Å²) in [5.41, 5.74) is 2.22. The number of benzene rings is 1. The van der Waals surface area contributed by atoms with E-state index in [9.17, 15) is 4.39 Å². The van der Waals surface area contributed by atoms with Gasteiger partial charge in [-0.05, 0) is 42.3 Å². The summed E-state index contributed by atoms with van der Waals surface area (Å²) >= 11 is 0. The van der Waals surface area contributed by atoms with Gasteiger partial charge in [-0.3, -0.25) is 4.90 Å². The van der Waals surface area contributed by atoms with Crippen molar-refractivity contribution in [3.8, 4) is 0 Å². The highest BCUT2D eigenvalue weighted by molar-refractivity contribution is 5.37. The maximum Gasteiger partial charge on any atom is 0.151 e. The molecule has 0 saturated carbocycles. The standard InChI is InChI=1S/C16H19FN4/c1-13-4-5-15(17)11-14(13)12-20-7-9-21(10-8-20)16-3-2-6-18-19-16/h2-6,11H,7-10,12H2,1H3. The van der Waals surface area contributed by atoms with Crippen molar-refractivity contribution >= 4 is 5.82 Å². The van der Waals surface area contributed by atoms with Gasteiger partial charge in [0.2, 0.25) is 0 Å². The molecular weight excluding hydrogens is 267 g/mol. The van der Waals surface area contributed by atoms with Gasteiger partial charge in [0, 0.05) is 38.9 Å². The van der Waals surface area contributed by atoms with Gasteiger partial charge in [0.1, 0.15) is 5.82 Å². The molecule has 0 amide bonds. The SMILES string of the molecule is Cc1ccc(F)cc1CN1CCN(c2cccnn2)CC1. The normalized spacial score (nSPS) is 16.2. The van der Waals surface area contributed by atoms with Crippen LogP contribution in [0.5, 0.6) is 0 Å². The highest BCUT2D eigenvalue weighted by atomic mass is 19.1. The quantitative estimate of drug-likeness (QED) is 0.866. The van der Waals surface area contributed by atoms with E-state index in [1.165, 1.54) is 6.07 Å². The highest BCUT2D eigenvalue weighted by Gasteiger charge is 2.18. The van der Waals surface area contributed by atoms with Crippen LogP contribution in [0.4, 0.5) is 10.2 Å². The minimum Gasteiger partial charge on any atom is -0.353 e. The first-order valence-corrected chi connectivity index (χ1v) is 7.22. The van der Waals surface area contributed by atoms with E-state index in [1.807, 2.05) is 25.1 Å². The van der Waals surface area contributed by atoms with Gasteiger partial charge in [0.25, 0.3) is 0 Å². The zero-order valence-electron chi connectivity index (χ0n) is 12.2. The molecule has 21 heavy (non-hydrogen) atoms. The molecule has 5 heteroatoms. The lowest BCUT2D eigenvalue weighted by Crippen LogP contribution is -2.46. The zero-order chi connectivity index (χ0) is 14.7. The maximum absolute atomic E-state index is 13.3. The predicted molar refractivity (Wildman–Crippen MR) is 80.7 cm³/mol. The second-order valence-electron chi connectivity index (χ2n) is 5.42. The highest BCUT2D eigenvalue weighted by Crippen LogP contribution is 2.16. The first-order valence-electron chi connectivity index (χ1n) is 7.22. The molecule has 4 nitrogen and oxygen atoms in total. The Kier molecular flexibility index (Phi) is 4.10. The van der Waals surface area contributed by atoms with Crippen LogP contribution in [-0.2, 0) is 6.54 Å². The molecule has 0 bridgehead atoms. The fourth-order valence-electron chi connectivity index (χ4n) is 2.65. The van der Waals surface area contributed by atoms with Crippen LogP contribution in [0.3, 0.4) is 0 Å². The lowest BCUT2D eigenvalue weighted by molar-refractivity contribution is 0.248. The Morgan fingerprint density at radius 3 is 2.67 bits per heavy atom. The second kappa shape index (κ2) is 6.18. The minimum absolute atomic E-state index is 0.159. The molecular formula is C16H19FN4. The Morgan fingerprint density at radius 1 is 1.14 bits per heavy atom. The lowest BCUT2D eigenvalue weighted by Gasteiger charge is -2.35. The van der Waals surface area contributed by atoms with E-state index >= 15 is 0 Å². The number of hydrogen-bond acceptors (Lipinski definition) is 4. The van der Waals surface area contributed by atoms with Crippen molar-refractivity contribution in [3.63, 3.8) is 0 Å². The Morgan fingerprint density at radius 2 is 1.95 bits per heavy atom. The van der Waals surface area contributed by atoms with Gasteiger partial charge in [0.05, 0.1) is 0 Å². The van der Waals surface area contributed by atoms with Crippen molar-refractivity contribution in [1.29, 1.82) is 0 Å². The average Bonchev–Trinajstić information content (AvgIpc) is 2.53. The molecule has 0 radical (unpaired) electrons. The van der Waals surface area contributed by atoms with Gasteiger partial charge in [-0.15, -0.1) is 5.10 Å². The molecule has 1 aliphatic rings. The molecule has 2 heterocycles. The van der Waals surface area contributed by atoms with Gasteiger partial charge in [-0.2, -0.15) is 5.10 Å². The van der Waals surface area contributed by atoms with Crippen LogP contribution in [0.1, 0.15) is 11.1 Å². The van der Waals surface area contributed by atoms with Crippen LogP contribution < -0.4 is 4.90 Å². The maximum atomic E-state index is 13.3. The van der Waals surface area contributed by atoms with Crippen molar-refractivity contribution < 1.29 is 4.39 Å². The Hall–Kier alpha value is -2.01. The van der Waals surface area contributed by atoms with Crippen molar-refractivity contribution in [2.45, 2.75) is 13.5 Å². The zero-order valence-corrected chi connectivity index (χ0v) is 12.2. The number of halogens is 1. The van der Waals surface area contributed by atoms with Crippen LogP contribution in [-0.4, -0.2) is 41.3 Å². The summed E-state index contributed by atoms with van der Waals surface area (Å²) in [6, 6.07) is 8.90. The number of nitrogens with zero attached hydrogens (tertiary/aromatic N) is 4. The molecule has 2 aromatic rings. The summed E-state index contributed by atoms with van der Waals surface area (Å²) in [5.74, 6) is 0.771. The molecule has 0 spiro atoms. The smallest absolute Gasteiger partial charge is 0.151 e. The fourth-order valence-corrected chi connectivity index (χ4v) is 2.65. The number of rotatable bonds is 3. The van der Waals surface area contributed by atoms with E-state index in [4.69, 9.17) is 0 Å². The van der Waals surface area contributed by atoms with Gasteiger partial charge >= 0.3 is 0 Å². The van der Waals surface area contributed by atoms with Crippen LogP contribution in [0.25, 0.3) is 0 Å². The average molecular weight is 286 g/mol. The first kappa shape index (κ1) is 13.9. The third-order valence-electron chi connectivity index (χ3n) is 3.96. The predicted octanol–water partition coefficient (Wildman–Crippen LogP) is 2.25. The van der Waals surface area contributed by atoms with E-state index in [2.05, 4.69) is 20.0 Å². The molecule has 1 aromatic carbocycles. The molecule has 0 N–H and O–H groups in total. The summed E-state index contributed by atoms with van der Waals surface area (Å²) in [7, 11) is 0. The van der Waals surface area contributed by atoms with Gasteiger partial charge in [0.15, 0.2) is 5.82 Å². The number of aryl methyl sites for hydroxylation is 1.